The third-order valence-electron chi connectivity index (χ3n) is 7.28. The maximum Gasteiger partial charge on any atom is 0.203 e. The highest BCUT2D eigenvalue weighted by atomic mass is 35.5. The van der Waals surface area contributed by atoms with Crippen LogP contribution in [0.4, 0.5) is 0 Å². The van der Waals surface area contributed by atoms with Crippen molar-refractivity contribution in [1.82, 2.24) is 19.8 Å². The van der Waals surface area contributed by atoms with Crippen LogP contribution in [0.15, 0.2) is 42.5 Å². The molecular weight excluding hydrogens is 512 g/mol. The third kappa shape index (κ3) is 6.43. The lowest BCUT2D eigenvalue weighted by atomic mass is 10.0. The first-order chi connectivity index (χ1) is 18.6. The van der Waals surface area contributed by atoms with Gasteiger partial charge in [-0.15, -0.1) is 12.4 Å². The minimum Gasteiger partial charge on any atom is -0.493 e. The maximum atomic E-state index is 5.70. The predicted octanol–water partition coefficient (Wildman–Crippen LogP) is 6.54. The maximum absolute atomic E-state index is 5.70. The second-order valence-electron chi connectivity index (χ2n) is 9.50. The summed E-state index contributed by atoms with van der Waals surface area (Å²) in [6.45, 7) is 12.3. The molecule has 0 atom stereocenters. The Kier molecular flexibility index (Phi) is 11.3. The van der Waals surface area contributed by atoms with Gasteiger partial charge in [-0.05, 0) is 43.8 Å². The van der Waals surface area contributed by atoms with Crippen LogP contribution in [0.2, 0.25) is 0 Å². The van der Waals surface area contributed by atoms with Gasteiger partial charge in [-0.2, -0.15) is 0 Å². The van der Waals surface area contributed by atoms with E-state index in [4.69, 9.17) is 19.2 Å². The molecule has 0 aliphatic heterocycles. The molecule has 0 aliphatic rings. The van der Waals surface area contributed by atoms with Crippen LogP contribution in [0.3, 0.4) is 0 Å². The van der Waals surface area contributed by atoms with Crippen LogP contribution in [-0.4, -0.2) is 62.0 Å². The highest BCUT2D eigenvalue weighted by Gasteiger charge is 2.21. The highest BCUT2D eigenvalue weighted by Crippen LogP contribution is 2.43. The van der Waals surface area contributed by atoms with Crippen molar-refractivity contribution in [3.8, 4) is 28.5 Å². The first-order valence-corrected chi connectivity index (χ1v) is 13.7. The summed E-state index contributed by atoms with van der Waals surface area (Å²) < 4.78 is 19.4. The van der Waals surface area contributed by atoms with E-state index in [1.165, 1.54) is 16.3 Å². The summed E-state index contributed by atoms with van der Waals surface area (Å²) in [6, 6.07) is 14.9. The van der Waals surface area contributed by atoms with Gasteiger partial charge in [-0.1, -0.05) is 45.4 Å². The second-order valence-corrected chi connectivity index (χ2v) is 9.50. The van der Waals surface area contributed by atoms with Crippen LogP contribution in [-0.2, 0) is 13.1 Å². The number of nitrogens with zero attached hydrogens (tertiary/aromatic N) is 3. The largest absolute Gasteiger partial charge is 0.493 e. The van der Waals surface area contributed by atoms with Crippen LogP contribution < -0.4 is 19.5 Å². The number of pyridine rings is 1. The van der Waals surface area contributed by atoms with Gasteiger partial charge in [-0.3, -0.25) is 0 Å². The van der Waals surface area contributed by atoms with E-state index in [-0.39, 0.29) is 12.4 Å². The molecule has 0 saturated heterocycles. The molecule has 7 nitrogen and oxygen atoms in total. The zero-order valence-corrected chi connectivity index (χ0v) is 25.0. The molecule has 2 heterocycles. The van der Waals surface area contributed by atoms with Gasteiger partial charge in [0.05, 0.1) is 38.2 Å². The minimum absolute atomic E-state index is 0. The van der Waals surface area contributed by atoms with E-state index in [0.717, 1.165) is 68.0 Å². The lowest BCUT2D eigenvalue weighted by Gasteiger charge is -2.18. The number of nitrogens with one attached hydrogen (secondary N) is 1. The Bertz CT molecular complexity index is 1340. The molecule has 2 aromatic carbocycles. The van der Waals surface area contributed by atoms with Crippen LogP contribution >= 0.6 is 12.4 Å². The van der Waals surface area contributed by atoms with Crippen molar-refractivity contribution >= 4 is 34.2 Å². The fourth-order valence-corrected chi connectivity index (χ4v) is 5.18. The fraction of sp³-hybridized carbons (Fsp3) is 0.452. The number of aryl methyl sites for hydroxylation is 1. The van der Waals surface area contributed by atoms with E-state index < -0.39 is 0 Å². The molecule has 0 amide bonds. The number of hydrogen-bond donors (Lipinski definition) is 1. The van der Waals surface area contributed by atoms with Crippen molar-refractivity contribution in [2.45, 2.75) is 46.7 Å². The molecule has 39 heavy (non-hydrogen) atoms. The molecule has 8 heteroatoms. The molecule has 0 bridgehead atoms. The number of para-hydroxylation sites is 1. The molecule has 0 saturated carbocycles. The average molecular weight is 555 g/mol. The summed E-state index contributed by atoms with van der Waals surface area (Å²) in [5.74, 6) is 1.82. The number of hydrogen-bond acceptors (Lipinski definition) is 6. The highest BCUT2D eigenvalue weighted by molar-refractivity contribution is 6.12. The number of methoxy groups -OCH3 is 3. The van der Waals surface area contributed by atoms with E-state index in [1.54, 1.807) is 21.3 Å². The number of likely N-dealkylation sites (N-methyl/N-ethyl adjacent to an activating group) is 1. The summed E-state index contributed by atoms with van der Waals surface area (Å²) in [7, 11) is 4.93. The number of ether oxygens (including phenoxy) is 3. The average Bonchev–Trinajstić information content (AvgIpc) is 3.28. The Morgan fingerprint density at radius 1 is 0.897 bits per heavy atom. The number of rotatable bonds is 14. The van der Waals surface area contributed by atoms with Crippen molar-refractivity contribution in [1.29, 1.82) is 0 Å². The van der Waals surface area contributed by atoms with Gasteiger partial charge < -0.3 is 29.0 Å². The van der Waals surface area contributed by atoms with Crippen LogP contribution in [0.5, 0.6) is 17.2 Å². The van der Waals surface area contributed by atoms with Crippen molar-refractivity contribution in [2.75, 3.05) is 47.5 Å². The Balaban J connectivity index is 0.00000420. The minimum atomic E-state index is 0. The Morgan fingerprint density at radius 2 is 1.59 bits per heavy atom. The summed E-state index contributed by atoms with van der Waals surface area (Å²) in [5.41, 5.74) is 5.25. The number of aromatic nitrogens is 2. The van der Waals surface area contributed by atoms with E-state index >= 15 is 0 Å². The molecule has 4 aromatic rings. The van der Waals surface area contributed by atoms with Crippen molar-refractivity contribution < 1.29 is 14.2 Å². The van der Waals surface area contributed by atoms with Gasteiger partial charge >= 0.3 is 0 Å². The molecule has 2 aromatic heterocycles. The first-order valence-electron chi connectivity index (χ1n) is 13.7. The van der Waals surface area contributed by atoms with Gasteiger partial charge in [-0.25, -0.2) is 4.98 Å². The number of benzene rings is 2. The monoisotopic (exact) mass is 554 g/mol. The summed E-state index contributed by atoms with van der Waals surface area (Å²) in [5, 5.41) is 6.08. The molecule has 4 rings (SSSR count). The quantitative estimate of drug-likeness (QED) is 0.179. The third-order valence-corrected chi connectivity index (χ3v) is 7.28. The van der Waals surface area contributed by atoms with Gasteiger partial charge in [0.1, 0.15) is 0 Å². The molecule has 0 aliphatic carbocycles. The van der Waals surface area contributed by atoms with Crippen LogP contribution in [0.1, 0.15) is 39.3 Å². The number of unbranched alkanes of at least 4 members (excludes halogenated alkanes) is 1. The standard InChI is InChI=1S/C31H42N4O3.ClH/c1-7-10-16-35-26-14-12-11-13-24(26)25-20-23(21-32-15-17-34(8-2)9-3)33-29(30(25)35)22-18-27(36-4)31(38-6)28(19-22)37-5;/h11-14,18-20,32H,7-10,15-17,21H2,1-6H3;1H. The molecule has 0 radical (unpaired) electrons. The van der Waals surface area contributed by atoms with Gasteiger partial charge in [0.25, 0.3) is 0 Å². The van der Waals surface area contributed by atoms with E-state index in [0.29, 0.717) is 23.8 Å². The summed E-state index contributed by atoms with van der Waals surface area (Å²) in [6.07, 6.45) is 2.21. The molecule has 0 fully saturated rings. The molecule has 0 unspecified atom stereocenters. The van der Waals surface area contributed by atoms with Crippen molar-refractivity contribution in [3.05, 3.63) is 48.2 Å². The normalized spacial score (nSPS) is 11.3. The van der Waals surface area contributed by atoms with E-state index in [2.05, 4.69) is 65.9 Å². The van der Waals surface area contributed by atoms with Crippen molar-refractivity contribution in [2.24, 2.45) is 0 Å². The number of halogens is 1. The van der Waals surface area contributed by atoms with E-state index in [9.17, 15) is 0 Å². The van der Waals surface area contributed by atoms with Crippen molar-refractivity contribution in [3.63, 3.8) is 0 Å². The Hall–Kier alpha value is -3.00. The molecular formula is C31H43ClN4O3. The molecule has 1 N–H and O–H groups in total. The smallest absolute Gasteiger partial charge is 0.203 e. The molecule has 0 spiro atoms. The predicted molar refractivity (Wildman–Crippen MR) is 164 cm³/mol. The lowest BCUT2D eigenvalue weighted by Crippen LogP contribution is -2.31. The molecule has 212 valence electrons. The van der Waals surface area contributed by atoms with Gasteiger partial charge in [0.15, 0.2) is 11.5 Å². The zero-order chi connectivity index (χ0) is 27.1. The van der Waals surface area contributed by atoms with E-state index in [1.807, 2.05) is 12.1 Å². The second kappa shape index (κ2) is 14.4. The Morgan fingerprint density at radius 3 is 2.21 bits per heavy atom. The lowest BCUT2D eigenvalue weighted by molar-refractivity contribution is 0.302. The van der Waals surface area contributed by atoms with Crippen LogP contribution in [0, 0.1) is 0 Å². The summed E-state index contributed by atoms with van der Waals surface area (Å²) in [4.78, 5) is 7.67. The van der Waals surface area contributed by atoms with Gasteiger partial charge in [0, 0.05) is 48.0 Å². The summed E-state index contributed by atoms with van der Waals surface area (Å²) >= 11 is 0. The van der Waals surface area contributed by atoms with Crippen LogP contribution in [0.25, 0.3) is 33.1 Å². The number of fused-ring (bicyclic) bond motifs is 3. The Labute approximate surface area is 238 Å². The fourth-order valence-electron chi connectivity index (χ4n) is 5.18. The zero-order valence-electron chi connectivity index (χ0n) is 24.2. The van der Waals surface area contributed by atoms with Gasteiger partial charge in [0.2, 0.25) is 5.75 Å². The topological polar surface area (TPSA) is 60.8 Å². The SMILES string of the molecule is CCCCn1c2ccccc2c2cc(CNCCN(CC)CC)nc(-c3cc(OC)c(OC)c(OC)c3)c21.Cl. The first kappa shape index (κ1) is 30.5.